The van der Waals surface area contributed by atoms with E-state index in [9.17, 15) is 13.2 Å². The Kier molecular flexibility index (Phi) is 5.15. The fourth-order valence-corrected chi connectivity index (χ4v) is 4.03. The Morgan fingerprint density at radius 2 is 1.75 bits per heavy atom. The average Bonchev–Trinajstić information content (AvgIpc) is 2.58. The number of alkyl halides is 4. The van der Waals surface area contributed by atoms with Crippen molar-refractivity contribution in [2.45, 2.75) is 22.2 Å². The fraction of sp³-hybridized carbons (Fsp3) is 0.167. The van der Waals surface area contributed by atoms with Gasteiger partial charge in [-0.3, -0.25) is 4.98 Å². The van der Waals surface area contributed by atoms with Crippen LogP contribution in [0.3, 0.4) is 0 Å². The number of pyridine rings is 1. The van der Waals surface area contributed by atoms with Crippen molar-refractivity contribution in [2.24, 2.45) is 0 Å². The summed E-state index contributed by atoms with van der Waals surface area (Å²) < 4.78 is 38.5. The first kappa shape index (κ1) is 17.3. The molecule has 0 fully saturated rings. The maximum Gasteiger partial charge on any atom is 0.416 e. The molecule has 0 atom stereocenters. The number of aromatic nitrogens is 1. The van der Waals surface area contributed by atoms with Crippen molar-refractivity contribution >= 4 is 38.6 Å². The predicted octanol–water partition coefficient (Wildman–Crippen LogP) is 6.44. The van der Waals surface area contributed by atoms with Gasteiger partial charge >= 0.3 is 6.18 Å². The molecule has 0 saturated carbocycles. The molecule has 1 nitrogen and oxygen atoms in total. The minimum absolute atomic E-state index is 0.364. The van der Waals surface area contributed by atoms with Gasteiger partial charge in [0.2, 0.25) is 0 Å². The number of benzene rings is 2. The highest BCUT2D eigenvalue weighted by Crippen LogP contribution is 2.34. The summed E-state index contributed by atoms with van der Waals surface area (Å²) in [6.45, 7) is 0. The highest BCUT2D eigenvalue weighted by atomic mass is 79.9. The first-order valence-corrected chi connectivity index (χ1v) is 9.31. The molecule has 0 spiro atoms. The van der Waals surface area contributed by atoms with Crippen LogP contribution < -0.4 is 0 Å². The van der Waals surface area contributed by atoms with E-state index in [4.69, 9.17) is 0 Å². The monoisotopic (exact) mass is 411 g/mol. The number of thioether (sulfide) groups is 1. The van der Waals surface area contributed by atoms with Gasteiger partial charge in [0.15, 0.2) is 0 Å². The number of hydrogen-bond donors (Lipinski definition) is 0. The van der Waals surface area contributed by atoms with E-state index in [1.807, 2.05) is 18.2 Å². The van der Waals surface area contributed by atoms with Gasteiger partial charge in [0.05, 0.1) is 11.1 Å². The Morgan fingerprint density at radius 1 is 1.00 bits per heavy atom. The van der Waals surface area contributed by atoms with E-state index in [0.717, 1.165) is 33.5 Å². The summed E-state index contributed by atoms with van der Waals surface area (Å²) in [6.07, 6.45) is -2.80. The Bertz CT molecular complexity index is 864. The van der Waals surface area contributed by atoms with Crippen molar-refractivity contribution in [3.05, 3.63) is 71.4 Å². The summed E-state index contributed by atoms with van der Waals surface area (Å²) >= 11 is 5.08. The van der Waals surface area contributed by atoms with Gasteiger partial charge in [0.1, 0.15) is 0 Å². The smallest absolute Gasteiger partial charge is 0.256 e. The predicted molar refractivity (Wildman–Crippen MR) is 95.4 cm³/mol. The molecular weight excluding hydrogens is 399 g/mol. The summed E-state index contributed by atoms with van der Waals surface area (Å²) in [6, 6.07) is 13.7. The highest BCUT2D eigenvalue weighted by Gasteiger charge is 2.30. The van der Waals surface area contributed by atoms with Crippen LogP contribution in [0.5, 0.6) is 0 Å². The Balaban J connectivity index is 1.90. The van der Waals surface area contributed by atoms with Crippen molar-refractivity contribution in [1.29, 1.82) is 0 Å². The number of rotatable bonds is 4. The number of halogens is 4. The third-order valence-electron chi connectivity index (χ3n) is 3.68. The average molecular weight is 412 g/mol. The largest absolute Gasteiger partial charge is 0.416 e. The molecule has 124 valence electrons. The van der Waals surface area contributed by atoms with E-state index < -0.39 is 11.7 Å². The normalized spacial score (nSPS) is 11.8. The van der Waals surface area contributed by atoms with Gasteiger partial charge in [0.25, 0.3) is 0 Å². The molecule has 0 amide bonds. The second-order valence-electron chi connectivity index (χ2n) is 5.23. The molecule has 6 heteroatoms. The van der Waals surface area contributed by atoms with Gasteiger partial charge < -0.3 is 0 Å². The summed E-state index contributed by atoms with van der Waals surface area (Å²) in [5.74, 6) is 0.752. The van der Waals surface area contributed by atoms with E-state index in [-0.39, 0.29) is 0 Å². The van der Waals surface area contributed by atoms with Crippen molar-refractivity contribution in [3.8, 4) is 0 Å². The lowest BCUT2D eigenvalue weighted by Gasteiger charge is -2.11. The van der Waals surface area contributed by atoms with Crippen molar-refractivity contribution in [2.75, 3.05) is 0 Å². The summed E-state index contributed by atoms with van der Waals surface area (Å²) in [5, 5.41) is 1.52. The fourth-order valence-electron chi connectivity index (χ4n) is 2.41. The summed E-state index contributed by atoms with van der Waals surface area (Å²) in [5.41, 5.74) is 2.11. The lowest BCUT2D eigenvalue weighted by molar-refractivity contribution is -0.137. The molecule has 3 rings (SSSR count). The molecule has 0 saturated heterocycles. The topological polar surface area (TPSA) is 12.9 Å². The van der Waals surface area contributed by atoms with E-state index in [2.05, 4.69) is 33.0 Å². The molecular formula is C18H13BrF3NS. The maximum atomic E-state index is 12.8. The lowest BCUT2D eigenvalue weighted by Crippen LogP contribution is -2.04. The minimum atomic E-state index is -4.35. The SMILES string of the molecule is FC(F)(F)c1ccc2c(SCc3ccccc3CBr)ccnc2c1. The Morgan fingerprint density at radius 3 is 2.46 bits per heavy atom. The molecule has 0 bridgehead atoms. The zero-order valence-electron chi connectivity index (χ0n) is 12.5. The third kappa shape index (κ3) is 3.75. The van der Waals surface area contributed by atoms with Crippen LogP contribution in [0.15, 0.2) is 59.6 Å². The molecule has 24 heavy (non-hydrogen) atoms. The second kappa shape index (κ2) is 7.15. The molecule has 0 radical (unpaired) electrons. The first-order valence-electron chi connectivity index (χ1n) is 7.20. The third-order valence-corrected chi connectivity index (χ3v) is 5.40. The van der Waals surface area contributed by atoms with Gasteiger partial charge in [0, 0.05) is 27.6 Å². The van der Waals surface area contributed by atoms with Gasteiger partial charge in [-0.25, -0.2) is 0 Å². The van der Waals surface area contributed by atoms with E-state index in [1.165, 1.54) is 17.2 Å². The zero-order valence-corrected chi connectivity index (χ0v) is 14.9. The van der Waals surface area contributed by atoms with Gasteiger partial charge in [-0.15, -0.1) is 11.8 Å². The zero-order chi connectivity index (χ0) is 17.2. The van der Waals surface area contributed by atoms with E-state index in [0.29, 0.717) is 5.52 Å². The Hall–Kier alpha value is -1.53. The summed E-state index contributed by atoms with van der Waals surface area (Å²) in [7, 11) is 0. The molecule has 0 aliphatic carbocycles. The molecule has 0 aliphatic heterocycles. The highest BCUT2D eigenvalue weighted by molar-refractivity contribution is 9.08. The van der Waals surface area contributed by atoms with Crippen molar-refractivity contribution in [1.82, 2.24) is 4.98 Å². The molecule has 0 aliphatic rings. The van der Waals surface area contributed by atoms with Gasteiger partial charge in [-0.2, -0.15) is 13.2 Å². The number of hydrogen-bond acceptors (Lipinski definition) is 2. The number of nitrogens with zero attached hydrogens (tertiary/aromatic N) is 1. The van der Waals surface area contributed by atoms with Crippen LogP contribution >= 0.6 is 27.7 Å². The summed E-state index contributed by atoms with van der Waals surface area (Å²) in [4.78, 5) is 5.01. The van der Waals surface area contributed by atoms with Crippen LogP contribution in [-0.2, 0) is 17.3 Å². The van der Waals surface area contributed by atoms with E-state index in [1.54, 1.807) is 18.0 Å². The first-order chi connectivity index (χ1) is 11.5. The van der Waals surface area contributed by atoms with Crippen LogP contribution in [0.2, 0.25) is 0 Å². The number of fused-ring (bicyclic) bond motifs is 1. The van der Waals surface area contributed by atoms with Crippen molar-refractivity contribution in [3.63, 3.8) is 0 Å². The second-order valence-corrected chi connectivity index (χ2v) is 6.81. The van der Waals surface area contributed by atoms with Crippen LogP contribution in [0.4, 0.5) is 13.2 Å². The molecule has 3 aromatic rings. The molecule has 1 heterocycles. The minimum Gasteiger partial charge on any atom is -0.256 e. The van der Waals surface area contributed by atoms with Gasteiger partial charge in [-0.05, 0) is 29.3 Å². The van der Waals surface area contributed by atoms with Crippen LogP contribution in [0.25, 0.3) is 10.9 Å². The van der Waals surface area contributed by atoms with E-state index >= 15 is 0 Å². The van der Waals surface area contributed by atoms with Gasteiger partial charge in [-0.1, -0.05) is 46.3 Å². The van der Waals surface area contributed by atoms with Crippen LogP contribution in [-0.4, -0.2) is 4.98 Å². The Labute approximate surface area is 150 Å². The van der Waals surface area contributed by atoms with Crippen LogP contribution in [0, 0.1) is 0 Å². The van der Waals surface area contributed by atoms with Crippen molar-refractivity contribution < 1.29 is 13.2 Å². The molecule has 1 aromatic heterocycles. The molecule has 0 unspecified atom stereocenters. The molecule has 0 N–H and O–H groups in total. The maximum absolute atomic E-state index is 12.8. The van der Waals surface area contributed by atoms with Crippen LogP contribution in [0.1, 0.15) is 16.7 Å². The standard InChI is InChI=1S/C18H13BrF3NS/c19-10-12-3-1-2-4-13(12)11-24-17-7-8-23-16-9-14(18(20,21)22)5-6-15(16)17/h1-9H,10-11H2. The molecule has 2 aromatic carbocycles. The quantitative estimate of drug-likeness (QED) is 0.361. The lowest BCUT2D eigenvalue weighted by atomic mass is 10.1.